The Morgan fingerprint density at radius 3 is 1.28 bits per heavy atom. The molecule has 0 aliphatic heterocycles. The summed E-state index contributed by atoms with van der Waals surface area (Å²) >= 11 is 0. The first-order valence-corrected chi connectivity index (χ1v) is 14.2. The Balaban J connectivity index is 1.22. The van der Waals surface area contributed by atoms with Gasteiger partial charge in [0, 0.05) is 25.3 Å². The Morgan fingerprint density at radius 2 is 0.907 bits per heavy atom. The van der Waals surface area contributed by atoms with Crippen molar-refractivity contribution in [2.75, 3.05) is 20.8 Å². The van der Waals surface area contributed by atoms with Gasteiger partial charge in [0.05, 0.1) is 0 Å². The van der Waals surface area contributed by atoms with Gasteiger partial charge in [0.15, 0.2) is 12.2 Å². The molecule has 216 valence electrons. The second-order valence-corrected chi connectivity index (χ2v) is 10.6. The van der Waals surface area contributed by atoms with Crippen LogP contribution in [0.5, 0.6) is 0 Å². The summed E-state index contributed by atoms with van der Waals surface area (Å²) in [7, 11) is 2.98. The average Bonchev–Trinajstić information content (AvgIpc) is 3.03. The van der Waals surface area contributed by atoms with E-state index in [1.807, 2.05) is 97.1 Å². The molecular weight excluding hydrogens is 540 g/mol. The van der Waals surface area contributed by atoms with E-state index < -0.39 is 30.3 Å². The highest BCUT2D eigenvalue weighted by Gasteiger charge is 2.30. The van der Waals surface area contributed by atoms with E-state index >= 15 is 0 Å². The van der Waals surface area contributed by atoms with Gasteiger partial charge in [0.2, 0.25) is 0 Å². The first-order valence-electron chi connectivity index (χ1n) is 14.2. The Labute approximate surface area is 249 Å². The number of rotatable bonds is 9. The topological polar surface area (TPSA) is 71.1 Å². The van der Waals surface area contributed by atoms with E-state index in [9.17, 15) is 9.59 Å². The Hall–Kier alpha value is -4.78. The van der Waals surface area contributed by atoms with Crippen LogP contribution in [0.4, 0.5) is 0 Å². The minimum absolute atomic E-state index is 0.139. The van der Waals surface area contributed by atoms with Crippen molar-refractivity contribution in [3.05, 3.63) is 120 Å². The Bertz CT molecular complexity index is 1850. The molecule has 0 radical (unpaired) electrons. The van der Waals surface area contributed by atoms with E-state index in [1.54, 1.807) is 6.92 Å². The van der Waals surface area contributed by atoms with Gasteiger partial charge in [-0.2, -0.15) is 0 Å². The zero-order valence-corrected chi connectivity index (χ0v) is 24.3. The predicted octanol–water partition coefficient (Wildman–Crippen LogP) is 7.85. The highest BCUT2D eigenvalue weighted by Crippen LogP contribution is 2.36. The van der Waals surface area contributed by atoms with Gasteiger partial charge < -0.3 is 18.9 Å². The first kappa shape index (κ1) is 28.3. The van der Waals surface area contributed by atoms with E-state index in [0.29, 0.717) is 0 Å². The molecule has 0 saturated heterocycles. The van der Waals surface area contributed by atoms with Crippen LogP contribution in [0, 0.1) is 0 Å². The van der Waals surface area contributed by atoms with Gasteiger partial charge in [-0.15, -0.1) is 0 Å². The molecule has 0 fully saturated rings. The van der Waals surface area contributed by atoms with Crippen molar-refractivity contribution in [2.24, 2.45) is 0 Å². The summed E-state index contributed by atoms with van der Waals surface area (Å²) in [5.74, 6) is -1.12. The van der Waals surface area contributed by atoms with Gasteiger partial charge in [0.25, 0.3) is 0 Å². The average molecular weight is 573 g/mol. The molecule has 0 spiro atoms. The molecule has 0 bridgehead atoms. The molecule has 6 rings (SSSR count). The highest BCUT2D eigenvalue weighted by atomic mass is 16.6. The number of carbonyl (C=O) groups excluding carboxylic acids is 2. The second kappa shape index (κ2) is 12.2. The predicted molar refractivity (Wildman–Crippen MR) is 169 cm³/mol. The number of ether oxygens (including phenoxy) is 4. The van der Waals surface area contributed by atoms with Crippen molar-refractivity contribution in [3.63, 3.8) is 0 Å². The first-order chi connectivity index (χ1) is 21.0. The number of methoxy groups -OCH3 is 2. The molecule has 0 N–H and O–H groups in total. The highest BCUT2D eigenvalue weighted by molar-refractivity contribution is 6.06. The van der Waals surface area contributed by atoms with E-state index in [2.05, 4.69) is 12.1 Å². The third-order valence-corrected chi connectivity index (χ3v) is 7.83. The van der Waals surface area contributed by atoms with Gasteiger partial charge in [0.1, 0.15) is 12.7 Å². The van der Waals surface area contributed by atoms with Crippen LogP contribution in [-0.2, 0) is 28.5 Å². The zero-order chi connectivity index (χ0) is 29.9. The van der Waals surface area contributed by atoms with Crippen molar-refractivity contribution in [1.82, 2.24) is 0 Å². The van der Waals surface area contributed by atoms with Crippen molar-refractivity contribution in [2.45, 2.75) is 25.2 Å². The summed E-state index contributed by atoms with van der Waals surface area (Å²) < 4.78 is 22.9. The quantitative estimate of drug-likeness (QED) is 0.130. The normalized spacial score (nSPS) is 13.7. The molecule has 6 aromatic rings. The van der Waals surface area contributed by atoms with Crippen LogP contribution < -0.4 is 0 Å². The molecule has 6 nitrogen and oxygen atoms in total. The van der Waals surface area contributed by atoms with Crippen molar-refractivity contribution in [1.29, 1.82) is 0 Å². The van der Waals surface area contributed by atoms with Crippen LogP contribution in [0.1, 0.15) is 30.3 Å². The van der Waals surface area contributed by atoms with Crippen LogP contribution in [0.25, 0.3) is 43.1 Å². The van der Waals surface area contributed by atoms with Gasteiger partial charge in [-0.1, -0.05) is 97.1 Å². The zero-order valence-electron chi connectivity index (χ0n) is 24.3. The fourth-order valence-corrected chi connectivity index (χ4v) is 5.90. The third-order valence-electron chi connectivity index (χ3n) is 7.83. The molecule has 0 aromatic heterocycles. The minimum Gasteiger partial charge on any atom is -0.460 e. The molecular formula is C37H32O6. The monoisotopic (exact) mass is 572 g/mol. The minimum atomic E-state index is -0.970. The Kier molecular flexibility index (Phi) is 8.05. The summed E-state index contributed by atoms with van der Waals surface area (Å²) in [5, 5.41) is 7.65. The van der Waals surface area contributed by atoms with E-state index in [-0.39, 0.29) is 6.61 Å². The van der Waals surface area contributed by atoms with Gasteiger partial charge >= 0.3 is 11.9 Å². The number of carbonyl (C=O) groups is 2. The molecule has 0 aliphatic carbocycles. The maximum atomic E-state index is 13.5. The van der Waals surface area contributed by atoms with Crippen molar-refractivity contribution in [3.8, 4) is 0 Å². The lowest BCUT2D eigenvalue weighted by Crippen LogP contribution is -2.28. The summed E-state index contributed by atoms with van der Waals surface area (Å²) in [6.45, 7) is 1.55. The number of esters is 2. The second-order valence-electron chi connectivity index (χ2n) is 10.6. The van der Waals surface area contributed by atoms with Crippen LogP contribution in [0.2, 0.25) is 0 Å². The van der Waals surface area contributed by atoms with Crippen molar-refractivity contribution < 1.29 is 28.5 Å². The summed E-state index contributed by atoms with van der Waals surface area (Å²) in [6, 6.07) is 35.7. The number of fused-ring (bicyclic) bond motifs is 4. The largest absolute Gasteiger partial charge is 0.460 e. The maximum absolute atomic E-state index is 13.5. The number of benzene rings is 6. The molecule has 0 aliphatic rings. The van der Waals surface area contributed by atoms with Gasteiger partial charge in [-0.3, -0.25) is 0 Å². The molecule has 0 heterocycles. The SMILES string of the molecule is CO[C@H](C(=O)OC[C@H](C)OC(=O)[C@@H](OC)c1c2ccccc2cc2ccccc12)c1c2ccccc2cc2ccccc12. The number of hydrogen-bond donors (Lipinski definition) is 0. The van der Waals surface area contributed by atoms with Crippen molar-refractivity contribution >= 4 is 55.0 Å². The molecule has 3 atom stereocenters. The summed E-state index contributed by atoms with van der Waals surface area (Å²) in [4.78, 5) is 27.0. The smallest absolute Gasteiger partial charge is 0.340 e. The maximum Gasteiger partial charge on any atom is 0.340 e. The van der Waals surface area contributed by atoms with E-state index in [0.717, 1.165) is 54.2 Å². The van der Waals surface area contributed by atoms with Crippen LogP contribution >= 0.6 is 0 Å². The van der Waals surface area contributed by atoms with E-state index in [4.69, 9.17) is 18.9 Å². The lowest BCUT2D eigenvalue weighted by atomic mass is 9.93. The molecule has 43 heavy (non-hydrogen) atoms. The lowest BCUT2D eigenvalue weighted by molar-refractivity contribution is -0.170. The van der Waals surface area contributed by atoms with Crippen LogP contribution in [0.3, 0.4) is 0 Å². The van der Waals surface area contributed by atoms with Gasteiger partial charge in [-0.05, 0) is 62.1 Å². The fraction of sp³-hybridized carbons (Fsp3) is 0.189. The fourth-order valence-electron chi connectivity index (χ4n) is 5.90. The third kappa shape index (κ3) is 5.43. The summed E-state index contributed by atoms with van der Waals surface area (Å²) in [6.07, 6.45) is -2.66. The van der Waals surface area contributed by atoms with Gasteiger partial charge in [-0.25, -0.2) is 9.59 Å². The molecule has 0 unspecified atom stereocenters. The molecule has 0 saturated carbocycles. The lowest BCUT2D eigenvalue weighted by Gasteiger charge is -2.23. The van der Waals surface area contributed by atoms with Crippen LogP contribution in [0.15, 0.2) is 109 Å². The summed E-state index contributed by atoms with van der Waals surface area (Å²) in [5.41, 5.74) is 1.49. The van der Waals surface area contributed by atoms with Crippen LogP contribution in [-0.4, -0.2) is 38.9 Å². The molecule has 6 heteroatoms. The number of hydrogen-bond acceptors (Lipinski definition) is 6. The Morgan fingerprint density at radius 1 is 0.558 bits per heavy atom. The molecule has 6 aromatic carbocycles. The van der Waals surface area contributed by atoms with E-state index in [1.165, 1.54) is 14.2 Å². The standard InChI is InChI=1S/C37H32O6/c1-23(43-37(39)35(41-3)33-30-18-10-6-14-26(30)21-27-15-7-11-19-31(27)33)22-42-36(38)34(40-2)32-28-16-8-4-12-24(28)20-25-13-5-9-17-29(25)32/h4-21,23,34-35H,22H2,1-3H3/t23-,34-,35-/m0/s1. The molecule has 0 amide bonds.